The van der Waals surface area contributed by atoms with Crippen molar-refractivity contribution in [2.45, 2.75) is 32.7 Å². The minimum absolute atomic E-state index is 0.0320. The van der Waals surface area contributed by atoms with Gasteiger partial charge in [0.25, 0.3) is 5.91 Å². The second-order valence-electron chi connectivity index (χ2n) is 6.59. The molecule has 2 aliphatic heterocycles. The number of carbonyl (C=O) groups is 1. The second kappa shape index (κ2) is 7.19. The van der Waals surface area contributed by atoms with Gasteiger partial charge in [-0.2, -0.15) is 0 Å². The Morgan fingerprint density at radius 3 is 2.81 bits per heavy atom. The number of anilines is 1. The quantitative estimate of drug-likeness (QED) is 0.910. The standard InChI is InChI=1S/C19H22N4O3/c1-13-15(18(24)23-7-3-2-4-8-23)11-21-19(22-13)20-10-14-5-6-16-17(9-14)26-12-25-16/h5-6,9,11H,2-4,7-8,10,12H2,1H3,(H,20,21,22). The molecule has 0 radical (unpaired) electrons. The highest BCUT2D eigenvalue weighted by molar-refractivity contribution is 5.95. The third kappa shape index (κ3) is 3.42. The summed E-state index contributed by atoms with van der Waals surface area (Å²) < 4.78 is 10.7. The van der Waals surface area contributed by atoms with Crippen LogP contribution in [0.15, 0.2) is 24.4 Å². The first kappa shape index (κ1) is 16.6. The number of aromatic nitrogens is 2. The van der Waals surface area contributed by atoms with Gasteiger partial charge in [0.15, 0.2) is 11.5 Å². The van der Waals surface area contributed by atoms with Crippen molar-refractivity contribution in [3.63, 3.8) is 0 Å². The Morgan fingerprint density at radius 2 is 2.00 bits per heavy atom. The number of ether oxygens (including phenoxy) is 2. The molecule has 0 atom stereocenters. The summed E-state index contributed by atoms with van der Waals surface area (Å²) in [5, 5.41) is 3.20. The number of amides is 1. The maximum Gasteiger partial charge on any atom is 0.257 e. The van der Waals surface area contributed by atoms with Gasteiger partial charge in [-0.25, -0.2) is 9.97 Å². The van der Waals surface area contributed by atoms with Crippen molar-refractivity contribution in [2.24, 2.45) is 0 Å². The van der Waals surface area contributed by atoms with Crippen LogP contribution in [0.1, 0.15) is 40.9 Å². The molecule has 0 spiro atoms. The third-order valence-corrected chi connectivity index (χ3v) is 4.74. The van der Waals surface area contributed by atoms with Gasteiger partial charge in [0, 0.05) is 25.8 Å². The summed E-state index contributed by atoms with van der Waals surface area (Å²) in [5.74, 6) is 2.06. The molecule has 0 saturated carbocycles. The Labute approximate surface area is 152 Å². The first-order valence-corrected chi connectivity index (χ1v) is 8.96. The minimum atomic E-state index is 0.0320. The molecule has 1 N–H and O–H groups in total. The molecular weight excluding hydrogens is 332 g/mol. The van der Waals surface area contributed by atoms with Crippen molar-refractivity contribution in [1.29, 1.82) is 0 Å². The summed E-state index contributed by atoms with van der Waals surface area (Å²) >= 11 is 0. The van der Waals surface area contributed by atoms with Crippen molar-refractivity contribution in [2.75, 3.05) is 25.2 Å². The van der Waals surface area contributed by atoms with Crippen molar-refractivity contribution in [1.82, 2.24) is 14.9 Å². The number of nitrogens with one attached hydrogen (secondary N) is 1. The fourth-order valence-electron chi connectivity index (χ4n) is 3.26. The molecule has 0 unspecified atom stereocenters. The molecule has 0 aliphatic carbocycles. The second-order valence-corrected chi connectivity index (χ2v) is 6.59. The summed E-state index contributed by atoms with van der Waals surface area (Å²) in [6.07, 6.45) is 4.96. The van der Waals surface area contributed by atoms with E-state index >= 15 is 0 Å². The lowest BCUT2D eigenvalue weighted by Crippen LogP contribution is -2.36. The number of carbonyl (C=O) groups excluding carboxylic acids is 1. The maximum atomic E-state index is 12.6. The van der Waals surface area contributed by atoms with Gasteiger partial charge >= 0.3 is 0 Å². The summed E-state index contributed by atoms with van der Waals surface area (Å²) in [5.41, 5.74) is 2.33. The number of hydrogen-bond acceptors (Lipinski definition) is 6. The van der Waals surface area contributed by atoms with Gasteiger partial charge in [-0.1, -0.05) is 6.07 Å². The average Bonchev–Trinajstić information content (AvgIpc) is 3.14. The lowest BCUT2D eigenvalue weighted by molar-refractivity contribution is 0.0722. The van der Waals surface area contributed by atoms with Crippen LogP contribution in [0.3, 0.4) is 0 Å². The summed E-state index contributed by atoms with van der Waals surface area (Å²) in [7, 11) is 0. The highest BCUT2D eigenvalue weighted by Gasteiger charge is 2.21. The highest BCUT2D eigenvalue weighted by Crippen LogP contribution is 2.32. The van der Waals surface area contributed by atoms with E-state index in [2.05, 4.69) is 15.3 Å². The molecule has 1 amide bonds. The average molecular weight is 354 g/mol. The summed E-state index contributed by atoms with van der Waals surface area (Å²) in [4.78, 5) is 23.3. The molecule has 1 fully saturated rings. The van der Waals surface area contributed by atoms with Crippen molar-refractivity contribution < 1.29 is 14.3 Å². The normalized spacial score (nSPS) is 15.8. The fourth-order valence-corrected chi connectivity index (χ4v) is 3.26. The van der Waals surface area contributed by atoms with Crippen LogP contribution in [0.25, 0.3) is 0 Å². The lowest BCUT2D eigenvalue weighted by Gasteiger charge is -2.27. The van der Waals surface area contributed by atoms with Crippen LogP contribution >= 0.6 is 0 Å². The Morgan fingerprint density at radius 1 is 1.19 bits per heavy atom. The predicted octanol–water partition coefficient (Wildman–Crippen LogP) is 2.75. The van der Waals surface area contributed by atoms with E-state index in [0.29, 0.717) is 23.8 Å². The summed E-state index contributed by atoms with van der Waals surface area (Å²) in [6, 6.07) is 5.81. The van der Waals surface area contributed by atoms with E-state index in [9.17, 15) is 4.79 Å². The Kier molecular flexibility index (Phi) is 4.60. The molecule has 1 saturated heterocycles. The number of rotatable bonds is 4. The van der Waals surface area contributed by atoms with Gasteiger partial charge in [0.05, 0.1) is 11.3 Å². The largest absolute Gasteiger partial charge is 0.454 e. The minimum Gasteiger partial charge on any atom is -0.454 e. The number of likely N-dealkylation sites (tertiary alicyclic amines) is 1. The molecule has 4 rings (SSSR count). The van der Waals surface area contributed by atoms with Gasteiger partial charge in [0.1, 0.15) is 0 Å². The Bertz CT molecular complexity index is 818. The van der Waals surface area contributed by atoms with E-state index < -0.39 is 0 Å². The molecule has 26 heavy (non-hydrogen) atoms. The van der Waals surface area contributed by atoms with Crippen LogP contribution in [-0.4, -0.2) is 40.7 Å². The van der Waals surface area contributed by atoms with E-state index in [1.165, 1.54) is 6.42 Å². The smallest absolute Gasteiger partial charge is 0.257 e. The zero-order valence-corrected chi connectivity index (χ0v) is 14.8. The van der Waals surface area contributed by atoms with Gasteiger partial charge < -0.3 is 19.7 Å². The Hall–Kier alpha value is -2.83. The lowest BCUT2D eigenvalue weighted by atomic mass is 10.1. The van der Waals surface area contributed by atoms with Gasteiger partial charge in [0.2, 0.25) is 12.7 Å². The maximum absolute atomic E-state index is 12.6. The van der Waals surface area contributed by atoms with Crippen LogP contribution in [0.4, 0.5) is 5.95 Å². The van der Waals surface area contributed by atoms with Crippen LogP contribution in [0.2, 0.25) is 0 Å². The number of aryl methyl sites for hydroxylation is 1. The van der Waals surface area contributed by atoms with Gasteiger partial charge in [-0.05, 0) is 43.9 Å². The van der Waals surface area contributed by atoms with Crippen LogP contribution in [0, 0.1) is 6.92 Å². The molecule has 2 aromatic rings. The molecule has 1 aromatic heterocycles. The molecule has 0 bridgehead atoms. The first-order valence-electron chi connectivity index (χ1n) is 8.96. The zero-order valence-electron chi connectivity index (χ0n) is 14.8. The highest BCUT2D eigenvalue weighted by atomic mass is 16.7. The fraction of sp³-hybridized carbons (Fsp3) is 0.421. The number of piperidine rings is 1. The van der Waals surface area contributed by atoms with E-state index in [4.69, 9.17) is 9.47 Å². The molecule has 3 heterocycles. The van der Waals surface area contributed by atoms with Crippen LogP contribution < -0.4 is 14.8 Å². The molecule has 1 aromatic carbocycles. The van der Waals surface area contributed by atoms with Gasteiger partial charge in [-0.3, -0.25) is 4.79 Å². The molecular formula is C19H22N4O3. The van der Waals surface area contributed by atoms with E-state index in [0.717, 1.165) is 43.0 Å². The van der Waals surface area contributed by atoms with E-state index in [1.54, 1.807) is 6.20 Å². The number of nitrogens with zero attached hydrogens (tertiary/aromatic N) is 3. The molecule has 7 nitrogen and oxygen atoms in total. The number of benzene rings is 1. The molecule has 7 heteroatoms. The van der Waals surface area contributed by atoms with E-state index in [1.807, 2.05) is 30.0 Å². The van der Waals surface area contributed by atoms with Crippen molar-refractivity contribution in [3.05, 3.63) is 41.2 Å². The predicted molar refractivity (Wildman–Crippen MR) is 96.4 cm³/mol. The van der Waals surface area contributed by atoms with Gasteiger partial charge in [-0.15, -0.1) is 0 Å². The topological polar surface area (TPSA) is 76.6 Å². The third-order valence-electron chi connectivity index (χ3n) is 4.74. The Balaban J connectivity index is 1.41. The SMILES string of the molecule is Cc1nc(NCc2ccc3c(c2)OCO3)ncc1C(=O)N1CCCCC1. The molecule has 2 aliphatic rings. The summed E-state index contributed by atoms with van der Waals surface area (Å²) in [6.45, 7) is 4.33. The van der Waals surface area contributed by atoms with E-state index in [-0.39, 0.29) is 12.7 Å². The van der Waals surface area contributed by atoms with Crippen molar-refractivity contribution >= 4 is 11.9 Å². The van der Waals surface area contributed by atoms with Crippen LogP contribution in [0.5, 0.6) is 11.5 Å². The first-order chi connectivity index (χ1) is 12.7. The van der Waals surface area contributed by atoms with Crippen molar-refractivity contribution in [3.8, 4) is 11.5 Å². The number of hydrogen-bond donors (Lipinski definition) is 1. The monoisotopic (exact) mass is 354 g/mol. The molecule has 136 valence electrons. The van der Waals surface area contributed by atoms with Crippen LogP contribution in [-0.2, 0) is 6.54 Å². The zero-order chi connectivity index (χ0) is 17.9. The number of fused-ring (bicyclic) bond motifs is 1.